The fraction of sp³-hybridized carbons (Fsp3) is 0.312. The fourth-order valence-corrected chi connectivity index (χ4v) is 3.45. The summed E-state index contributed by atoms with van der Waals surface area (Å²) < 4.78 is 0.906. The number of rotatable bonds is 4. The normalized spacial score (nSPS) is 13.0. The summed E-state index contributed by atoms with van der Waals surface area (Å²) in [5.41, 5.74) is 6.50. The molecule has 3 N–H and O–H groups in total. The molecular weight excluding hydrogens is 348 g/mol. The van der Waals surface area contributed by atoms with E-state index in [9.17, 15) is 4.79 Å². The van der Waals surface area contributed by atoms with Crippen LogP contribution in [0.2, 0.25) is 0 Å². The third-order valence-electron chi connectivity index (χ3n) is 3.11. The van der Waals surface area contributed by atoms with E-state index >= 15 is 0 Å². The second kappa shape index (κ2) is 6.20. The van der Waals surface area contributed by atoms with Gasteiger partial charge in [-0.2, -0.15) is 0 Å². The highest BCUT2D eigenvalue weighted by atomic mass is 79.9. The molecule has 2 aromatic rings. The number of hydrogen-bond acceptors (Lipinski definition) is 3. The molecule has 1 atom stereocenters. The van der Waals surface area contributed by atoms with Crippen LogP contribution < -0.4 is 11.1 Å². The van der Waals surface area contributed by atoms with Crippen LogP contribution >= 0.6 is 27.3 Å². The topological polar surface area (TPSA) is 55.1 Å². The molecule has 0 spiro atoms. The lowest BCUT2D eigenvalue weighted by Gasteiger charge is -2.18. The number of primary amides is 1. The molecule has 0 aliphatic rings. The number of thiophene rings is 1. The first-order chi connectivity index (χ1) is 9.79. The van der Waals surface area contributed by atoms with Crippen molar-refractivity contribution in [2.75, 3.05) is 5.32 Å². The minimum Gasteiger partial charge on any atom is -0.369 e. The second-order valence-electron chi connectivity index (χ2n) is 5.91. The van der Waals surface area contributed by atoms with E-state index in [0.29, 0.717) is 0 Å². The van der Waals surface area contributed by atoms with E-state index in [2.05, 4.69) is 48.1 Å². The zero-order valence-electron chi connectivity index (χ0n) is 12.3. The quantitative estimate of drug-likeness (QED) is 0.839. The highest BCUT2D eigenvalue weighted by Gasteiger charge is 2.23. The van der Waals surface area contributed by atoms with Crippen LogP contribution in [-0.4, -0.2) is 5.91 Å². The van der Waals surface area contributed by atoms with Crippen LogP contribution in [0.3, 0.4) is 0 Å². The van der Waals surface area contributed by atoms with Gasteiger partial charge < -0.3 is 11.1 Å². The third-order valence-corrected chi connectivity index (χ3v) is 5.38. The number of carbonyl (C=O) groups excluding carboxylic acids is 1. The van der Waals surface area contributed by atoms with Crippen molar-refractivity contribution in [1.82, 2.24) is 0 Å². The Morgan fingerprint density at radius 3 is 2.43 bits per heavy atom. The molecule has 0 saturated carbocycles. The summed E-state index contributed by atoms with van der Waals surface area (Å²) in [5.74, 6) is -0.381. The van der Waals surface area contributed by atoms with Gasteiger partial charge in [-0.3, -0.25) is 4.79 Å². The number of para-hydroxylation sites is 1. The number of hydrogen-bond donors (Lipinski definition) is 2. The van der Waals surface area contributed by atoms with Gasteiger partial charge in [0.2, 0.25) is 5.91 Å². The molecule has 1 heterocycles. The number of halogens is 1. The van der Waals surface area contributed by atoms with Gasteiger partial charge in [-0.1, -0.05) is 32.9 Å². The van der Waals surface area contributed by atoms with Gasteiger partial charge in [0.25, 0.3) is 0 Å². The van der Waals surface area contributed by atoms with Gasteiger partial charge in [0.1, 0.15) is 6.04 Å². The van der Waals surface area contributed by atoms with Gasteiger partial charge in [-0.15, -0.1) is 11.3 Å². The highest BCUT2D eigenvalue weighted by molar-refractivity contribution is 9.10. The Labute approximate surface area is 137 Å². The minimum atomic E-state index is -0.523. The summed E-state index contributed by atoms with van der Waals surface area (Å²) in [5, 5.41) is 3.22. The van der Waals surface area contributed by atoms with Crippen molar-refractivity contribution in [3.8, 4) is 0 Å². The largest absolute Gasteiger partial charge is 0.369 e. The number of amides is 1. The molecule has 3 nitrogen and oxygen atoms in total. The van der Waals surface area contributed by atoms with Crippen LogP contribution in [-0.2, 0) is 10.2 Å². The van der Waals surface area contributed by atoms with E-state index in [4.69, 9.17) is 5.73 Å². The maximum atomic E-state index is 11.8. The molecule has 0 radical (unpaired) electrons. The molecule has 5 heteroatoms. The molecule has 1 aromatic heterocycles. The first-order valence-corrected chi connectivity index (χ1v) is 8.30. The van der Waals surface area contributed by atoms with E-state index < -0.39 is 6.04 Å². The summed E-state index contributed by atoms with van der Waals surface area (Å²) in [6, 6.07) is 11.2. The zero-order valence-corrected chi connectivity index (χ0v) is 14.7. The van der Waals surface area contributed by atoms with Gasteiger partial charge in [0.05, 0.1) is 0 Å². The van der Waals surface area contributed by atoms with E-state index in [-0.39, 0.29) is 11.3 Å². The predicted octanol–water partition coefficient (Wildman–Crippen LogP) is 4.45. The van der Waals surface area contributed by atoms with E-state index in [1.54, 1.807) is 11.3 Å². The number of nitrogens with one attached hydrogen (secondary N) is 1. The summed E-state index contributed by atoms with van der Waals surface area (Å²) in [6.45, 7) is 6.47. The van der Waals surface area contributed by atoms with E-state index in [0.717, 1.165) is 15.0 Å². The number of anilines is 1. The minimum absolute atomic E-state index is 0.0679. The molecule has 21 heavy (non-hydrogen) atoms. The van der Waals surface area contributed by atoms with Crippen LogP contribution in [0.4, 0.5) is 5.69 Å². The Hall–Kier alpha value is -1.33. The molecule has 0 fully saturated rings. The van der Waals surface area contributed by atoms with Crippen LogP contribution in [0.5, 0.6) is 0 Å². The predicted molar refractivity (Wildman–Crippen MR) is 92.7 cm³/mol. The van der Waals surface area contributed by atoms with Gasteiger partial charge in [0, 0.05) is 19.9 Å². The molecule has 1 amide bonds. The van der Waals surface area contributed by atoms with Crippen molar-refractivity contribution in [3.05, 3.63) is 50.6 Å². The van der Waals surface area contributed by atoms with Crippen molar-refractivity contribution in [2.24, 2.45) is 5.73 Å². The molecule has 0 aliphatic heterocycles. The van der Waals surface area contributed by atoms with Crippen molar-refractivity contribution in [2.45, 2.75) is 32.2 Å². The van der Waals surface area contributed by atoms with Crippen LogP contribution in [0.25, 0.3) is 0 Å². The lowest BCUT2D eigenvalue weighted by molar-refractivity contribution is -0.118. The van der Waals surface area contributed by atoms with Gasteiger partial charge in [0.15, 0.2) is 0 Å². The Bertz CT molecular complexity index is 646. The van der Waals surface area contributed by atoms with Crippen LogP contribution in [0.1, 0.15) is 36.6 Å². The summed E-state index contributed by atoms with van der Waals surface area (Å²) in [4.78, 5) is 14.0. The Morgan fingerprint density at radius 1 is 1.24 bits per heavy atom. The highest BCUT2D eigenvalue weighted by Crippen LogP contribution is 2.34. The average Bonchev–Trinajstić information content (AvgIpc) is 2.86. The van der Waals surface area contributed by atoms with E-state index in [1.807, 2.05) is 30.3 Å². The number of benzene rings is 1. The van der Waals surface area contributed by atoms with Crippen molar-refractivity contribution >= 4 is 38.9 Å². The van der Waals surface area contributed by atoms with Gasteiger partial charge >= 0.3 is 0 Å². The first-order valence-electron chi connectivity index (χ1n) is 6.69. The second-order valence-corrected chi connectivity index (χ2v) is 7.88. The van der Waals surface area contributed by atoms with Crippen molar-refractivity contribution in [1.29, 1.82) is 0 Å². The molecule has 0 saturated heterocycles. The SMILES string of the molecule is CC(C)(C)c1ccc(C(Nc2ccccc2Br)C(N)=O)s1. The first kappa shape index (κ1) is 16.0. The molecule has 1 unspecified atom stereocenters. The maximum Gasteiger partial charge on any atom is 0.245 e. The lowest BCUT2D eigenvalue weighted by atomic mass is 9.95. The monoisotopic (exact) mass is 366 g/mol. The zero-order chi connectivity index (χ0) is 15.6. The molecule has 0 bridgehead atoms. The average molecular weight is 367 g/mol. The molecular formula is C16H19BrN2OS. The molecule has 2 rings (SSSR count). The smallest absolute Gasteiger partial charge is 0.245 e. The number of carbonyl (C=O) groups is 1. The summed E-state index contributed by atoms with van der Waals surface area (Å²) in [6.07, 6.45) is 0. The Kier molecular flexibility index (Phi) is 4.74. The molecule has 0 aliphatic carbocycles. The molecule has 112 valence electrons. The maximum absolute atomic E-state index is 11.8. The van der Waals surface area contributed by atoms with E-state index in [1.165, 1.54) is 4.88 Å². The van der Waals surface area contributed by atoms with Crippen molar-refractivity contribution < 1.29 is 4.79 Å². The Balaban J connectivity index is 2.30. The summed E-state index contributed by atoms with van der Waals surface area (Å²) in [7, 11) is 0. The third kappa shape index (κ3) is 3.86. The van der Waals surface area contributed by atoms with Crippen LogP contribution in [0.15, 0.2) is 40.9 Å². The van der Waals surface area contributed by atoms with Gasteiger partial charge in [-0.25, -0.2) is 0 Å². The lowest BCUT2D eigenvalue weighted by Crippen LogP contribution is -2.27. The van der Waals surface area contributed by atoms with Gasteiger partial charge in [-0.05, 0) is 45.6 Å². The Morgan fingerprint density at radius 2 is 1.90 bits per heavy atom. The summed E-state index contributed by atoms with van der Waals surface area (Å²) >= 11 is 5.09. The van der Waals surface area contributed by atoms with Crippen LogP contribution in [0, 0.1) is 0 Å². The fourth-order valence-electron chi connectivity index (χ4n) is 1.93. The molecule has 1 aromatic carbocycles. The standard InChI is InChI=1S/C16H19BrN2OS/c1-16(2,3)13-9-8-12(21-13)14(15(18)20)19-11-7-5-4-6-10(11)17/h4-9,14,19H,1-3H3,(H2,18,20). The number of nitrogens with two attached hydrogens (primary N) is 1. The van der Waals surface area contributed by atoms with Crippen molar-refractivity contribution in [3.63, 3.8) is 0 Å².